The Kier molecular flexibility index (Phi) is 3.03. The maximum atomic E-state index is 9.37. The Morgan fingerprint density at radius 2 is 1.84 bits per heavy atom. The van der Waals surface area contributed by atoms with Crippen LogP contribution in [-0.4, -0.2) is 18.2 Å². The second-order valence-electron chi connectivity index (χ2n) is 5.60. The van der Waals surface area contributed by atoms with Gasteiger partial charge < -0.3 is 10.4 Å². The first-order valence-corrected chi connectivity index (χ1v) is 6.74. The Bertz CT molecular complexity index is 570. The number of aromatic hydroxyl groups is 1. The Labute approximate surface area is 114 Å². The fourth-order valence-electron chi connectivity index (χ4n) is 2.84. The Morgan fingerprint density at radius 1 is 1.11 bits per heavy atom. The summed E-state index contributed by atoms with van der Waals surface area (Å²) in [6.45, 7) is 4.19. The Balaban J connectivity index is 1.89. The van der Waals surface area contributed by atoms with Crippen LogP contribution in [0.5, 0.6) is 5.75 Å². The molecule has 1 aliphatic rings. The van der Waals surface area contributed by atoms with Crippen LogP contribution in [0.2, 0.25) is 0 Å². The summed E-state index contributed by atoms with van der Waals surface area (Å²) in [5.74, 6) is 0.333. The zero-order valence-electron chi connectivity index (χ0n) is 11.2. The van der Waals surface area contributed by atoms with E-state index in [4.69, 9.17) is 0 Å². The van der Waals surface area contributed by atoms with Crippen molar-refractivity contribution in [2.24, 2.45) is 0 Å². The first kappa shape index (κ1) is 12.2. The number of phenols is 1. The van der Waals surface area contributed by atoms with E-state index >= 15 is 0 Å². The highest BCUT2D eigenvalue weighted by Gasteiger charge is 2.38. The molecule has 1 heterocycles. The molecule has 19 heavy (non-hydrogen) atoms. The molecule has 0 spiro atoms. The fraction of sp³-hybridized carbons (Fsp3) is 0.294. The zero-order chi connectivity index (χ0) is 13.3. The number of rotatable bonds is 3. The summed E-state index contributed by atoms with van der Waals surface area (Å²) in [4.78, 5) is 0. The van der Waals surface area contributed by atoms with Gasteiger partial charge in [-0.1, -0.05) is 42.0 Å². The lowest BCUT2D eigenvalue weighted by molar-refractivity contribution is 0.274. The summed E-state index contributed by atoms with van der Waals surface area (Å²) >= 11 is 0. The first-order valence-electron chi connectivity index (χ1n) is 6.74. The van der Waals surface area contributed by atoms with Crippen molar-refractivity contribution < 1.29 is 5.11 Å². The molecule has 0 saturated carbocycles. The maximum absolute atomic E-state index is 9.37. The summed E-state index contributed by atoms with van der Waals surface area (Å²) < 4.78 is 0. The zero-order valence-corrected chi connectivity index (χ0v) is 11.2. The maximum Gasteiger partial charge on any atom is 0.115 e. The van der Waals surface area contributed by atoms with Crippen LogP contribution in [-0.2, 0) is 11.8 Å². The summed E-state index contributed by atoms with van der Waals surface area (Å²) in [5, 5.41) is 12.8. The molecule has 1 fully saturated rings. The van der Waals surface area contributed by atoms with Crippen LogP contribution in [0.25, 0.3) is 0 Å². The molecule has 1 aliphatic heterocycles. The summed E-state index contributed by atoms with van der Waals surface area (Å²) in [5.41, 5.74) is 4.22. The molecule has 0 aromatic heterocycles. The van der Waals surface area contributed by atoms with Crippen LogP contribution < -0.4 is 5.32 Å². The molecule has 0 aliphatic carbocycles. The third-order valence-corrected chi connectivity index (χ3v) is 4.04. The molecule has 0 atom stereocenters. The van der Waals surface area contributed by atoms with Crippen LogP contribution in [0, 0.1) is 6.92 Å². The van der Waals surface area contributed by atoms with Crippen LogP contribution in [0.3, 0.4) is 0 Å². The Morgan fingerprint density at radius 3 is 2.42 bits per heavy atom. The molecule has 0 unspecified atom stereocenters. The van der Waals surface area contributed by atoms with Crippen LogP contribution in [0.15, 0.2) is 48.5 Å². The molecule has 2 aromatic carbocycles. The summed E-state index contributed by atoms with van der Waals surface area (Å²) in [6.07, 6.45) is 1.02. The van der Waals surface area contributed by atoms with E-state index in [0.717, 1.165) is 19.5 Å². The van der Waals surface area contributed by atoms with E-state index in [1.165, 1.54) is 16.7 Å². The molecule has 98 valence electrons. The Hall–Kier alpha value is -1.80. The van der Waals surface area contributed by atoms with Gasteiger partial charge in [-0.3, -0.25) is 0 Å². The van der Waals surface area contributed by atoms with Gasteiger partial charge in [0.05, 0.1) is 0 Å². The second kappa shape index (κ2) is 4.71. The molecule has 0 radical (unpaired) electrons. The third kappa shape index (κ3) is 2.36. The number of hydrogen-bond donors (Lipinski definition) is 2. The van der Waals surface area contributed by atoms with Gasteiger partial charge in [0.15, 0.2) is 0 Å². The van der Waals surface area contributed by atoms with Crippen molar-refractivity contribution in [3.05, 3.63) is 65.2 Å². The third-order valence-electron chi connectivity index (χ3n) is 4.04. The van der Waals surface area contributed by atoms with E-state index in [0.29, 0.717) is 5.75 Å². The number of phenolic OH excluding ortho intramolecular Hbond substituents is 1. The van der Waals surface area contributed by atoms with Crippen molar-refractivity contribution in [3.63, 3.8) is 0 Å². The van der Waals surface area contributed by atoms with Gasteiger partial charge in [-0.25, -0.2) is 0 Å². The van der Waals surface area contributed by atoms with Crippen molar-refractivity contribution in [1.82, 2.24) is 5.32 Å². The normalized spacial score (nSPS) is 16.9. The lowest BCUT2D eigenvalue weighted by Crippen LogP contribution is -2.58. The van der Waals surface area contributed by atoms with Gasteiger partial charge in [-0.15, -0.1) is 0 Å². The molecule has 2 aromatic rings. The highest BCUT2D eigenvalue weighted by Crippen LogP contribution is 2.33. The lowest BCUT2D eigenvalue weighted by atomic mass is 9.71. The largest absolute Gasteiger partial charge is 0.508 e. The standard InChI is InChI=1S/C17H19NO/c1-13-3-2-4-15(9-13)17(11-18-12-17)10-14-5-7-16(19)8-6-14/h2-9,18-19H,10-12H2,1H3. The predicted octanol–water partition coefficient (Wildman–Crippen LogP) is 2.78. The average Bonchev–Trinajstić information content (AvgIpc) is 2.36. The number of nitrogens with one attached hydrogen (secondary N) is 1. The molecule has 2 N–H and O–H groups in total. The molecule has 1 saturated heterocycles. The highest BCUT2D eigenvalue weighted by molar-refractivity contribution is 5.37. The summed E-state index contributed by atoms with van der Waals surface area (Å²) in [7, 11) is 0. The van der Waals surface area contributed by atoms with Gasteiger partial charge in [0.2, 0.25) is 0 Å². The second-order valence-corrected chi connectivity index (χ2v) is 5.60. The topological polar surface area (TPSA) is 32.3 Å². The van der Waals surface area contributed by atoms with Crippen molar-refractivity contribution in [1.29, 1.82) is 0 Å². The molecule has 2 nitrogen and oxygen atoms in total. The predicted molar refractivity (Wildman–Crippen MR) is 77.5 cm³/mol. The van der Waals surface area contributed by atoms with E-state index in [9.17, 15) is 5.11 Å². The smallest absolute Gasteiger partial charge is 0.115 e. The van der Waals surface area contributed by atoms with Crippen molar-refractivity contribution in [2.45, 2.75) is 18.8 Å². The van der Waals surface area contributed by atoms with Gasteiger partial charge >= 0.3 is 0 Å². The van der Waals surface area contributed by atoms with Gasteiger partial charge in [0.1, 0.15) is 5.75 Å². The van der Waals surface area contributed by atoms with E-state index in [1.54, 1.807) is 12.1 Å². The quantitative estimate of drug-likeness (QED) is 0.881. The van der Waals surface area contributed by atoms with Crippen LogP contribution in [0.4, 0.5) is 0 Å². The summed E-state index contributed by atoms with van der Waals surface area (Å²) in [6, 6.07) is 16.4. The molecule has 0 bridgehead atoms. The first-order chi connectivity index (χ1) is 9.18. The van der Waals surface area contributed by atoms with Gasteiger partial charge in [0.25, 0.3) is 0 Å². The number of aryl methyl sites for hydroxylation is 1. The highest BCUT2D eigenvalue weighted by atomic mass is 16.3. The van der Waals surface area contributed by atoms with E-state index in [2.05, 4.69) is 36.5 Å². The number of benzene rings is 2. The van der Waals surface area contributed by atoms with Crippen molar-refractivity contribution in [2.75, 3.05) is 13.1 Å². The molecule has 3 rings (SSSR count). The lowest BCUT2D eigenvalue weighted by Gasteiger charge is -2.43. The molecular formula is C17H19NO. The van der Waals surface area contributed by atoms with E-state index in [-0.39, 0.29) is 5.41 Å². The SMILES string of the molecule is Cc1cccc(C2(Cc3ccc(O)cc3)CNC2)c1. The minimum atomic E-state index is 0.211. The van der Waals surface area contributed by atoms with Crippen LogP contribution in [0.1, 0.15) is 16.7 Å². The minimum Gasteiger partial charge on any atom is -0.508 e. The fourth-order valence-corrected chi connectivity index (χ4v) is 2.84. The van der Waals surface area contributed by atoms with E-state index in [1.807, 2.05) is 12.1 Å². The average molecular weight is 253 g/mol. The van der Waals surface area contributed by atoms with Crippen LogP contribution >= 0.6 is 0 Å². The minimum absolute atomic E-state index is 0.211. The van der Waals surface area contributed by atoms with Gasteiger partial charge in [-0.05, 0) is 36.6 Å². The van der Waals surface area contributed by atoms with Gasteiger partial charge in [0, 0.05) is 18.5 Å². The van der Waals surface area contributed by atoms with Crippen molar-refractivity contribution >= 4 is 0 Å². The molecule has 0 amide bonds. The van der Waals surface area contributed by atoms with E-state index < -0.39 is 0 Å². The van der Waals surface area contributed by atoms with Gasteiger partial charge in [-0.2, -0.15) is 0 Å². The molecular weight excluding hydrogens is 234 g/mol. The molecule has 2 heteroatoms. The number of hydrogen-bond acceptors (Lipinski definition) is 2. The monoisotopic (exact) mass is 253 g/mol. The van der Waals surface area contributed by atoms with Crippen molar-refractivity contribution in [3.8, 4) is 5.75 Å².